The van der Waals surface area contributed by atoms with Gasteiger partial charge in [0.2, 0.25) is 5.91 Å². The molecule has 30 heavy (non-hydrogen) atoms. The Balaban J connectivity index is 1.58. The molecule has 3 aliphatic rings. The number of fused-ring (bicyclic) bond motifs is 1. The van der Waals surface area contributed by atoms with Gasteiger partial charge in [-0.2, -0.15) is 0 Å². The standard InChI is InChI=1S/C25H32N4O/c1-17-24(27-20-6-4-3-5-7-20)22-16-21(28-14-12-26-13-15-28)10-11-23(22)29(18(2)30)25(17)19-8-9-19/h3-7,10-11,16-17,19,24-27H,8-9,12-15H2,1-2H3/t17-,24?,25-/m1/s1. The first-order valence-electron chi connectivity index (χ1n) is 11.3. The Morgan fingerprint density at radius 2 is 1.80 bits per heavy atom. The highest BCUT2D eigenvalue weighted by atomic mass is 16.2. The summed E-state index contributed by atoms with van der Waals surface area (Å²) in [5.74, 6) is 1.12. The molecular weight excluding hydrogens is 372 g/mol. The Morgan fingerprint density at radius 1 is 1.07 bits per heavy atom. The predicted molar refractivity (Wildman–Crippen MR) is 123 cm³/mol. The number of rotatable bonds is 4. The SMILES string of the molecule is CC(=O)N1c2ccc(N3CCNCC3)cc2C(Nc2ccccc2)[C@@H](C)[C@@H]1C1CC1. The number of anilines is 3. The van der Waals surface area contributed by atoms with E-state index >= 15 is 0 Å². The minimum atomic E-state index is 0.160. The zero-order chi connectivity index (χ0) is 20.7. The molecule has 5 nitrogen and oxygen atoms in total. The molecule has 0 aromatic heterocycles. The van der Waals surface area contributed by atoms with Crippen LogP contribution in [-0.4, -0.2) is 38.1 Å². The molecule has 5 rings (SSSR count). The largest absolute Gasteiger partial charge is 0.378 e. The normalized spacial score (nSPS) is 26.3. The molecule has 1 aliphatic carbocycles. The topological polar surface area (TPSA) is 47.6 Å². The molecule has 2 fully saturated rings. The van der Waals surface area contributed by atoms with E-state index in [1.807, 2.05) is 0 Å². The van der Waals surface area contributed by atoms with E-state index in [1.165, 1.54) is 24.1 Å². The lowest BCUT2D eigenvalue weighted by Gasteiger charge is -2.46. The van der Waals surface area contributed by atoms with Crippen molar-refractivity contribution < 1.29 is 4.79 Å². The van der Waals surface area contributed by atoms with Crippen molar-refractivity contribution in [2.24, 2.45) is 11.8 Å². The van der Waals surface area contributed by atoms with E-state index in [4.69, 9.17) is 0 Å². The highest BCUT2D eigenvalue weighted by molar-refractivity contribution is 5.94. The highest BCUT2D eigenvalue weighted by Crippen LogP contribution is 2.50. The summed E-state index contributed by atoms with van der Waals surface area (Å²) in [7, 11) is 0. The van der Waals surface area contributed by atoms with Crippen molar-refractivity contribution in [3.63, 3.8) is 0 Å². The van der Waals surface area contributed by atoms with E-state index in [0.29, 0.717) is 11.8 Å². The molecule has 2 aromatic rings. The molecule has 1 saturated carbocycles. The Kier molecular flexibility index (Phi) is 5.15. The van der Waals surface area contributed by atoms with Gasteiger partial charge in [0.15, 0.2) is 0 Å². The first-order chi connectivity index (χ1) is 14.6. The Bertz CT molecular complexity index is 905. The fourth-order valence-electron chi connectivity index (χ4n) is 5.39. The zero-order valence-electron chi connectivity index (χ0n) is 18.0. The van der Waals surface area contributed by atoms with Crippen molar-refractivity contribution in [3.8, 4) is 0 Å². The number of carbonyl (C=O) groups is 1. The summed E-state index contributed by atoms with van der Waals surface area (Å²) in [6, 6.07) is 17.7. The van der Waals surface area contributed by atoms with E-state index in [0.717, 1.165) is 37.6 Å². The second-order valence-electron chi connectivity index (χ2n) is 9.04. The molecule has 0 radical (unpaired) electrons. The number of amides is 1. The molecule has 0 bridgehead atoms. The van der Waals surface area contributed by atoms with Gasteiger partial charge in [-0.15, -0.1) is 0 Å². The molecule has 0 spiro atoms. The minimum absolute atomic E-state index is 0.160. The molecule has 3 atom stereocenters. The zero-order valence-corrected chi connectivity index (χ0v) is 18.0. The average molecular weight is 405 g/mol. The van der Waals surface area contributed by atoms with E-state index in [9.17, 15) is 4.79 Å². The third-order valence-corrected chi connectivity index (χ3v) is 6.99. The van der Waals surface area contributed by atoms with Crippen LogP contribution in [0.25, 0.3) is 0 Å². The fourth-order valence-corrected chi connectivity index (χ4v) is 5.39. The second kappa shape index (κ2) is 7.95. The van der Waals surface area contributed by atoms with Crippen LogP contribution in [0.4, 0.5) is 17.1 Å². The number of benzene rings is 2. The van der Waals surface area contributed by atoms with Crippen molar-refractivity contribution in [2.75, 3.05) is 41.3 Å². The van der Waals surface area contributed by atoms with Gasteiger partial charge in [-0.3, -0.25) is 4.79 Å². The first kappa shape index (κ1) is 19.4. The van der Waals surface area contributed by atoms with E-state index in [2.05, 4.69) is 75.9 Å². The lowest BCUT2D eigenvalue weighted by Crippen LogP contribution is -2.51. The van der Waals surface area contributed by atoms with Crippen molar-refractivity contribution in [3.05, 3.63) is 54.1 Å². The molecule has 1 unspecified atom stereocenters. The Labute approximate surface area is 179 Å². The summed E-state index contributed by atoms with van der Waals surface area (Å²) in [5, 5.41) is 7.26. The van der Waals surface area contributed by atoms with Gasteiger partial charge in [0.25, 0.3) is 0 Å². The van der Waals surface area contributed by atoms with Crippen LogP contribution in [0.15, 0.2) is 48.5 Å². The maximum atomic E-state index is 12.8. The fraction of sp³-hybridized carbons (Fsp3) is 0.480. The third-order valence-electron chi connectivity index (χ3n) is 6.99. The van der Waals surface area contributed by atoms with Crippen molar-refractivity contribution >= 4 is 23.0 Å². The summed E-state index contributed by atoms with van der Waals surface area (Å²) < 4.78 is 0. The molecule has 2 heterocycles. The van der Waals surface area contributed by atoms with Gasteiger partial charge in [-0.05, 0) is 49.1 Å². The third kappa shape index (κ3) is 3.56. The second-order valence-corrected chi connectivity index (χ2v) is 9.04. The maximum absolute atomic E-state index is 12.8. The van der Waals surface area contributed by atoms with Gasteiger partial charge in [0.05, 0.1) is 6.04 Å². The average Bonchev–Trinajstić information content (AvgIpc) is 3.61. The molecule has 2 aromatic carbocycles. The molecule has 2 N–H and O–H groups in total. The lowest BCUT2D eigenvalue weighted by atomic mass is 9.79. The van der Waals surface area contributed by atoms with Gasteiger partial charge in [0, 0.05) is 67.7 Å². The number of hydrogen-bond acceptors (Lipinski definition) is 4. The van der Waals surface area contributed by atoms with Gasteiger partial charge in [-0.25, -0.2) is 0 Å². The van der Waals surface area contributed by atoms with Gasteiger partial charge < -0.3 is 20.4 Å². The van der Waals surface area contributed by atoms with E-state index < -0.39 is 0 Å². The summed E-state index contributed by atoms with van der Waals surface area (Å²) in [5.41, 5.74) is 4.73. The van der Waals surface area contributed by atoms with Crippen LogP contribution in [0.2, 0.25) is 0 Å². The predicted octanol–water partition coefficient (Wildman–Crippen LogP) is 4.03. The monoisotopic (exact) mass is 404 g/mol. The van der Waals surface area contributed by atoms with Gasteiger partial charge in [0.1, 0.15) is 0 Å². The van der Waals surface area contributed by atoms with Crippen LogP contribution in [0.3, 0.4) is 0 Å². The Morgan fingerprint density at radius 3 is 2.47 bits per heavy atom. The molecule has 5 heteroatoms. The molecular formula is C25H32N4O. The van der Waals surface area contributed by atoms with Crippen LogP contribution in [0.1, 0.15) is 38.3 Å². The minimum Gasteiger partial charge on any atom is -0.378 e. The van der Waals surface area contributed by atoms with Crippen LogP contribution in [0.5, 0.6) is 0 Å². The highest BCUT2D eigenvalue weighted by Gasteiger charge is 2.47. The number of carbonyl (C=O) groups excluding carboxylic acids is 1. The van der Waals surface area contributed by atoms with Crippen molar-refractivity contribution in [2.45, 2.75) is 38.8 Å². The smallest absolute Gasteiger partial charge is 0.224 e. The van der Waals surface area contributed by atoms with Crippen LogP contribution in [-0.2, 0) is 4.79 Å². The van der Waals surface area contributed by atoms with Crippen LogP contribution >= 0.6 is 0 Å². The summed E-state index contributed by atoms with van der Waals surface area (Å²) in [4.78, 5) is 17.3. The van der Waals surface area contributed by atoms with E-state index in [1.54, 1.807) is 6.92 Å². The summed E-state index contributed by atoms with van der Waals surface area (Å²) in [6.07, 6.45) is 2.45. The lowest BCUT2D eigenvalue weighted by molar-refractivity contribution is -0.117. The summed E-state index contributed by atoms with van der Waals surface area (Å²) in [6.45, 7) is 8.12. The number of nitrogens with zero attached hydrogens (tertiary/aromatic N) is 2. The molecule has 1 saturated heterocycles. The molecule has 2 aliphatic heterocycles. The molecule has 1 amide bonds. The Hall–Kier alpha value is -2.53. The van der Waals surface area contributed by atoms with Crippen molar-refractivity contribution in [1.82, 2.24) is 5.32 Å². The quantitative estimate of drug-likeness (QED) is 0.808. The number of hydrogen-bond donors (Lipinski definition) is 2. The number of piperazine rings is 1. The summed E-state index contributed by atoms with van der Waals surface area (Å²) >= 11 is 0. The van der Waals surface area contributed by atoms with Crippen molar-refractivity contribution in [1.29, 1.82) is 0 Å². The van der Waals surface area contributed by atoms with Gasteiger partial charge >= 0.3 is 0 Å². The number of para-hydroxylation sites is 1. The maximum Gasteiger partial charge on any atom is 0.224 e. The van der Waals surface area contributed by atoms with E-state index in [-0.39, 0.29) is 18.0 Å². The number of nitrogens with one attached hydrogen (secondary N) is 2. The molecule has 158 valence electrons. The van der Waals surface area contributed by atoms with Crippen LogP contribution < -0.4 is 20.4 Å². The van der Waals surface area contributed by atoms with Gasteiger partial charge in [-0.1, -0.05) is 25.1 Å². The first-order valence-corrected chi connectivity index (χ1v) is 11.3. The van der Waals surface area contributed by atoms with Crippen LogP contribution in [0, 0.1) is 11.8 Å².